The number of hydrogen-bond acceptors (Lipinski definition) is 4. The van der Waals surface area contributed by atoms with Crippen LogP contribution >= 0.6 is 0 Å². The Labute approximate surface area is 193 Å². The molecule has 1 atom stereocenters. The number of halogens is 1. The van der Waals surface area contributed by atoms with Crippen molar-refractivity contribution in [3.63, 3.8) is 0 Å². The largest absolute Gasteiger partial charge is 0.335 e. The van der Waals surface area contributed by atoms with E-state index in [4.69, 9.17) is 0 Å². The van der Waals surface area contributed by atoms with Crippen molar-refractivity contribution in [2.24, 2.45) is 0 Å². The van der Waals surface area contributed by atoms with Gasteiger partial charge in [0.1, 0.15) is 5.82 Å². The summed E-state index contributed by atoms with van der Waals surface area (Å²) in [4.78, 5) is 19.2. The first kappa shape index (κ1) is 22.9. The molecule has 2 aromatic carbocycles. The Morgan fingerprint density at radius 1 is 0.970 bits per heavy atom. The number of pyridine rings is 1. The zero-order valence-electron chi connectivity index (χ0n) is 18.2. The molecular formula is C25H26FN3O3S. The summed E-state index contributed by atoms with van der Waals surface area (Å²) >= 11 is 0. The number of carbonyl (C=O) groups excluding carboxylic acids is 1. The van der Waals surface area contributed by atoms with Crippen molar-refractivity contribution in [1.82, 2.24) is 9.88 Å². The zero-order chi connectivity index (χ0) is 23.3. The molecule has 1 saturated heterocycles. The van der Waals surface area contributed by atoms with Gasteiger partial charge in [0.05, 0.1) is 17.4 Å². The predicted molar refractivity (Wildman–Crippen MR) is 125 cm³/mol. The number of nitrogens with one attached hydrogen (secondary N) is 1. The van der Waals surface area contributed by atoms with Gasteiger partial charge in [-0.05, 0) is 72.5 Å². The van der Waals surface area contributed by atoms with E-state index in [9.17, 15) is 17.6 Å². The lowest BCUT2D eigenvalue weighted by Gasteiger charge is -2.30. The van der Waals surface area contributed by atoms with Crippen LogP contribution in [-0.2, 0) is 21.2 Å². The fourth-order valence-corrected chi connectivity index (χ4v) is 5.19. The first-order chi connectivity index (χ1) is 15.9. The summed E-state index contributed by atoms with van der Waals surface area (Å²) in [5.74, 6) is -0.447. The van der Waals surface area contributed by atoms with E-state index in [-0.39, 0.29) is 23.3 Å². The minimum Gasteiger partial charge on any atom is -0.335 e. The van der Waals surface area contributed by atoms with E-state index < -0.39 is 15.8 Å². The van der Waals surface area contributed by atoms with Crippen LogP contribution in [0.5, 0.6) is 0 Å². The van der Waals surface area contributed by atoms with Crippen molar-refractivity contribution in [1.29, 1.82) is 0 Å². The molecule has 1 unspecified atom stereocenters. The molecule has 6 nitrogen and oxygen atoms in total. The third-order valence-corrected chi connectivity index (χ3v) is 7.25. The maximum atomic E-state index is 13.2. The molecule has 8 heteroatoms. The third kappa shape index (κ3) is 5.76. The van der Waals surface area contributed by atoms with E-state index in [1.54, 1.807) is 36.7 Å². The summed E-state index contributed by atoms with van der Waals surface area (Å²) in [5, 5.41) is 0. The van der Waals surface area contributed by atoms with E-state index in [2.05, 4.69) is 9.71 Å². The standard InChI is InChI=1S/C25H26FN3O3S/c26-21-7-11-23(12-8-21)33(31,32)28-22-9-5-19(6-10-22)18-25(30)29-17-3-1-2-4-24(29)20-13-15-27-16-14-20/h5-16,24,28H,1-4,17-18H2. The molecule has 1 aliphatic rings. The zero-order valence-corrected chi connectivity index (χ0v) is 19.0. The van der Waals surface area contributed by atoms with Gasteiger partial charge in [0, 0.05) is 24.6 Å². The van der Waals surface area contributed by atoms with Crippen LogP contribution < -0.4 is 4.72 Å². The Balaban J connectivity index is 1.44. The monoisotopic (exact) mass is 467 g/mol. The molecule has 0 saturated carbocycles. The van der Waals surface area contributed by atoms with E-state index in [1.807, 2.05) is 17.0 Å². The lowest BCUT2D eigenvalue weighted by Crippen LogP contribution is -2.35. The number of sulfonamides is 1. The van der Waals surface area contributed by atoms with Gasteiger partial charge < -0.3 is 4.90 Å². The Bertz CT molecular complexity index is 1180. The second kappa shape index (κ2) is 10.1. The smallest absolute Gasteiger partial charge is 0.261 e. The topological polar surface area (TPSA) is 79.4 Å². The number of anilines is 1. The molecular weight excluding hydrogens is 441 g/mol. The van der Waals surface area contributed by atoms with Crippen LogP contribution in [0.1, 0.15) is 42.9 Å². The van der Waals surface area contributed by atoms with Gasteiger partial charge in [-0.25, -0.2) is 12.8 Å². The van der Waals surface area contributed by atoms with Crippen molar-refractivity contribution in [3.05, 3.63) is 90.0 Å². The van der Waals surface area contributed by atoms with E-state index in [0.717, 1.165) is 55.5 Å². The summed E-state index contributed by atoms with van der Waals surface area (Å²) in [6.07, 6.45) is 7.86. The maximum Gasteiger partial charge on any atom is 0.261 e. The molecule has 1 fully saturated rings. The highest BCUT2D eigenvalue weighted by Gasteiger charge is 2.26. The fraction of sp³-hybridized carbons (Fsp3) is 0.280. The third-order valence-electron chi connectivity index (χ3n) is 5.85. The molecule has 1 amide bonds. The van der Waals surface area contributed by atoms with Crippen molar-refractivity contribution < 1.29 is 17.6 Å². The van der Waals surface area contributed by atoms with Crippen molar-refractivity contribution in [2.45, 2.75) is 43.0 Å². The van der Waals surface area contributed by atoms with Crippen LogP contribution in [-0.4, -0.2) is 30.8 Å². The van der Waals surface area contributed by atoms with Gasteiger partial charge in [-0.1, -0.05) is 25.0 Å². The van der Waals surface area contributed by atoms with Crippen molar-refractivity contribution in [2.75, 3.05) is 11.3 Å². The van der Waals surface area contributed by atoms with Gasteiger partial charge in [-0.2, -0.15) is 0 Å². The van der Waals surface area contributed by atoms with Crippen molar-refractivity contribution >= 4 is 21.6 Å². The minimum absolute atomic E-state index is 0.0218. The lowest BCUT2D eigenvalue weighted by atomic mass is 10.0. The molecule has 0 spiro atoms. The summed E-state index contributed by atoms with van der Waals surface area (Å²) < 4.78 is 40.5. The average molecular weight is 468 g/mol. The lowest BCUT2D eigenvalue weighted by molar-refractivity contribution is -0.132. The molecule has 3 aromatic rings. The first-order valence-electron chi connectivity index (χ1n) is 11.0. The van der Waals surface area contributed by atoms with Crippen LogP contribution in [0.2, 0.25) is 0 Å². The Morgan fingerprint density at radius 3 is 2.36 bits per heavy atom. The number of amides is 1. The van der Waals surface area contributed by atoms with Crippen LogP contribution in [0, 0.1) is 5.82 Å². The number of rotatable bonds is 6. The molecule has 1 N–H and O–H groups in total. The molecule has 0 aliphatic carbocycles. The molecule has 4 rings (SSSR count). The van der Waals surface area contributed by atoms with Crippen LogP contribution in [0.15, 0.2) is 78.0 Å². The summed E-state index contributed by atoms with van der Waals surface area (Å²) in [7, 11) is -3.82. The number of carbonyl (C=O) groups is 1. The molecule has 1 aromatic heterocycles. The molecule has 1 aliphatic heterocycles. The number of benzene rings is 2. The SMILES string of the molecule is O=C(Cc1ccc(NS(=O)(=O)c2ccc(F)cc2)cc1)N1CCCCCC1c1ccncc1. The summed E-state index contributed by atoms with van der Waals surface area (Å²) in [5.41, 5.74) is 2.29. The van der Waals surface area contributed by atoms with E-state index in [1.165, 1.54) is 12.1 Å². The minimum atomic E-state index is -3.82. The maximum absolute atomic E-state index is 13.2. The van der Waals surface area contributed by atoms with Gasteiger partial charge >= 0.3 is 0 Å². The van der Waals surface area contributed by atoms with Crippen molar-refractivity contribution in [3.8, 4) is 0 Å². The predicted octanol–water partition coefficient (Wildman–Crippen LogP) is 4.71. The molecule has 172 valence electrons. The quantitative estimate of drug-likeness (QED) is 0.570. The van der Waals surface area contributed by atoms with E-state index in [0.29, 0.717) is 5.69 Å². The number of hydrogen-bond donors (Lipinski definition) is 1. The van der Waals surface area contributed by atoms with Crippen LogP contribution in [0.25, 0.3) is 0 Å². The average Bonchev–Trinajstić information content (AvgIpc) is 3.07. The highest BCUT2D eigenvalue weighted by molar-refractivity contribution is 7.92. The van der Waals surface area contributed by atoms with Gasteiger partial charge in [0.25, 0.3) is 10.0 Å². The molecule has 2 heterocycles. The Kier molecular flexibility index (Phi) is 7.03. The van der Waals surface area contributed by atoms with Gasteiger partial charge in [0.2, 0.25) is 5.91 Å². The van der Waals surface area contributed by atoms with Crippen LogP contribution in [0.4, 0.5) is 10.1 Å². The second-order valence-corrected chi connectivity index (χ2v) is 9.85. The summed E-state index contributed by atoms with van der Waals surface area (Å²) in [6.45, 7) is 0.724. The molecule has 0 radical (unpaired) electrons. The molecule has 0 bridgehead atoms. The van der Waals surface area contributed by atoms with Gasteiger partial charge in [-0.15, -0.1) is 0 Å². The molecule has 33 heavy (non-hydrogen) atoms. The summed E-state index contributed by atoms with van der Waals surface area (Å²) in [6, 6.07) is 15.4. The fourth-order valence-electron chi connectivity index (χ4n) is 4.13. The Morgan fingerprint density at radius 2 is 1.67 bits per heavy atom. The number of likely N-dealkylation sites (tertiary alicyclic amines) is 1. The second-order valence-electron chi connectivity index (χ2n) is 8.17. The van der Waals surface area contributed by atoms with Gasteiger partial charge in [-0.3, -0.25) is 14.5 Å². The Hall–Kier alpha value is -3.26. The highest BCUT2D eigenvalue weighted by Crippen LogP contribution is 2.30. The normalized spacial score (nSPS) is 16.8. The number of aromatic nitrogens is 1. The van der Waals surface area contributed by atoms with E-state index >= 15 is 0 Å². The first-order valence-corrected chi connectivity index (χ1v) is 12.5. The van der Waals surface area contributed by atoms with Crippen LogP contribution in [0.3, 0.4) is 0 Å². The highest BCUT2D eigenvalue weighted by atomic mass is 32.2. The van der Waals surface area contributed by atoms with Gasteiger partial charge in [0.15, 0.2) is 0 Å². The number of nitrogens with zero attached hydrogens (tertiary/aromatic N) is 2.